The maximum absolute atomic E-state index is 13.2. The van der Waals surface area contributed by atoms with Gasteiger partial charge >= 0.3 is 0 Å². The lowest BCUT2D eigenvalue weighted by atomic mass is 9.86. The molecule has 0 atom stereocenters. The van der Waals surface area contributed by atoms with Crippen LogP contribution in [0.4, 0.5) is 4.39 Å². The van der Waals surface area contributed by atoms with Crippen molar-refractivity contribution in [3.8, 4) is 16.9 Å². The number of phenolic OH excluding ortho intramolecular Hbond substituents is 1. The summed E-state index contributed by atoms with van der Waals surface area (Å²) in [4.78, 5) is 0. The highest BCUT2D eigenvalue weighted by Crippen LogP contribution is 2.34. The van der Waals surface area contributed by atoms with Gasteiger partial charge in [0, 0.05) is 11.6 Å². The lowest BCUT2D eigenvalue weighted by molar-refractivity contribution is 0.471. The van der Waals surface area contributed by atoms with E-state index in [1.807, 2.05) is 24.3 Å². The van der Waals surface area contributed by atoms with Crippen molar-refractivity contribution in [1.29, 1.82) is 0 Å². The number of benzene rings is 2. The third-order valence-corrected chi connectivity index (χ3v) is 3.39. The number of halogens is 2. The molecule has 2 aromatic carbocycles. The summed E-state index contributed by atoms with van der Waals surface area (Å²) in [5.41, 5.74) is 2.62. The molecular formula is C16H16ClFO. The molecule has 1 N–H and O–H groups in total. The largest absolute Gasteiger partial charge is 0.507 e. The molecule has 0 heterocycles. The van der Waals surface area contributed by atoms with E-state index in [1.54, 1.807) is 0 Å². The summed E-state index contributed by atoms with van der Waals surface area (Å²) in [6.45, 7) is 6.40. The van der Waals surface area contributed by atoms with Gasteiger partial charge in [0.2, 0.25) is 0 Å². The molecule has 0 aliphatic carbocycles. The van der Waals surface area contributed by atoms with Gasteiger partial charge in [-0.15, -0.1) is 0 Å². The standard InChI is InChI=1S/C16H16ClFO/c1-16(2,3)11-6-4-10(5-7-11)12-8-13(17)14(18)9-15(12)19/h4-9,19H,1-3H3. The summed E-state index contributed by atoms with van der Waals surface area (Å²) in [7, 11) is 0. The number of phenols is 1. The first-order valence-electron chi connectivity index (χ1n) is 6.08. The van der Waals surface area contributed by atoms with Crippen molar-refractivity contribution in [3.63, 3.8) is 0 Å². The molecule has 19 heavy (non-hydrogen) atoms. The van der Waals surface area contributed by atoms with Gasteiger partial charge in [0.15, 0.2) is 0 Å². The smallest absolute Gasteiger partial charge is 0.145 e. The molecule has 1 nitrogen and oxygen atoms in total. The molecule has 0 saturated heterocycles. The van der Waals surface area contributed by atoms with Gasteiger partial charge < -0.3 is 5.11 Å². The second-order valence-electron chi connectivity index (χ2n) is 5.61. The lowest BCUT2D eigenvalue weighted by Crippen LogP contribution is -2.10. The fraction of sp³-hybridized carbons (Fsp3) is 0.250. The second kappa shape index (κ2) is 4.86. The number of hydrogen-bond donors (Lipinski definition) is 1. The van der Waals surface area contributed by atoms with Crippen LogP contribution in [-0.4, -0.2) is 5.11 Å². The molecule has 0 radical (unpaired) electrons. The molecule has 0 amide bonds. The van der Waals surface area contributed by atoms with Crippen molar-refractivity contribution in [1.82, 2.24) is 0 Å². The van der Waals surface area contributed by atoms with Crippen LogP contribution in [0.15, 0.2) is 36.4 Å². The van der Waals surface area contributed by atoms with Crippen LogP contribution in [0.5, 0.6) is 5.75 Å². The summed E-state index contributed by atoms with van der Waals surface area (Å²) in [6.07, 6.45) is 0. The van der Waals surface area contributed by atoms with Crippen molar-refractivity contribution < 1.29 is 9.50 Å². The van der Waals surface area contributed by atoms with Gasteiger partial charge in [-0.2, -0.15) is 0 Å². The third kappa shape index (κ3) is 2.90. The van der Waals surface area contributed by atoms with E-state index in [0.29, 0.717) is 5.56 Å². The SMILES string of the molecule is CC(C)(C)c1ccc(-c2cc(Cl)c(F)cc2O)cc1. The van der Waals surface area contributed by atoms with Crippen molar-refractivity contribution in [2.45, 2.75) is 26.2 Å². The van der Waals surface area contributed by atoms with E-state index in [2.05, 4.69) is 20.8 Å². The van der Waals surface area contributed by atoms with Crippen LogP contribution in [0, 0.1) is 5.82 Å². The Labute approximate surface area is 117 Å². The molecule has 2 rings (SSSR count). The van der Waals surface area contributed by atoms with E-state index in [-0.39, 0.29) is 16.2 Å². The first-order chi connectivity index (χ1) is 8.79. The second-order valence-corrected chi connectivity index (χ2v) is 6.02. The fourth-order valence-corrected chi connectivity index (χ4v) is 2.08. The summed E-state index contributed by atoms with van der Waals surface area (Å²) in [6, 6.07) is 10.3. The normalized spacial score (nSPS) is 11.6. The van der Waals surface area contributed by atoms with E-state index in [9.17, 15) is 9.50 Å². The van der Waals surface area contributed by atoms with Gasteiger partial charge in [0.25, 0.3) is 0 Å². The third-order valence-electron chi connectivity index (χ3n) is 3.10. The molecule has 0 aliphatic heterocycles. The van der Waals surface area contributed by atoms with E-state index >= 15 is 0 Å². The zero-order valence-electron chi connectivity index (χ0n) is 11.2. The van der Waals surface area contributed by atoms with Crippen LogP contribution in [-0.2, 0) is 5.41 Å². The molecule has 0 unspecified atom stereocenters. The Balaban J connectivity index is 2.46. The van der Waals surface area contributed by atoms with Crippen LogP contribution < -0.4 is 0 Å². The quantitative estimate of drug-likeness (QED) is 0.765. The van der Waals surface area contributed by atoms with Gasteiger partial charge in [-0.05, 0) is 22.6 Å². The number of aromatic hydroxyl groups is 1. The van der Waals surface area contributed by atoms with E-state index < -0.39 is 5.82 Å². The van der Waals surface area contributed by atoms with Crippen LogP contribution >= 0.6 is 11.6 Å². The highest BCUT2D eigenvalue weighted by atomic mass is 35.5. The Morgan fingerprint density at radius 2 is 1.63 bits per heavy atom. The molecular weight excluding hydrogens is 263 g/mol. The highest BCUT2D eigenvalue weighted by molar-refractivity contribution is 6.31. The summed E-state index contributed by atoms with van der Waals surface area (Å²) in [5, 5.41) is 9.81. The average Bonchev–Trinajstić information content (AvgIpc) is 2.33. The summed E-state index contributed by atoms with van der Waals surface area (Å²) < 4.78 is 13.2. The zero-order chi connectivity index (χ0) is 14.2. The number of rotatable bonds is 1. The molecule has 0 bridgehead atoms. The highest BCUT2D eigenvalue weighted by Gasteiger charge is 2.14. The molecule has 2 aromatic rings. The monoisotopic (exact) mass is 278 g/mol. The minimum absolute atomic E-state index is 0.00713. The van der Waals surface area contributed by atoms with Gasteiger partial charge in [-0.1, -0.05) is 56.6 Å². The van der Waals surface area contributed by atoms with Crippen LogP contribution in [0.25, 0.3) is 11.1 Å². The predicted octanol–water partition coefficient (Wildman–Crippen LogP) is 5.15. The molecule has 3 heteroatoms. The number of hydrogen-bond acceptors (Lipinski definition) is 1. The molecule has 0 aliphatic rings. The minimum Gasteiger partial charge on any atom is -0.507 e. The predicted molar refractivity (Wildman–Crippen MR) is 77.2 cm³/mol. The van der Waals surface area contributed by atoms with Crippen molar-refractivity contribution >= 4 is 11.6 Å². The van der Waals surface area contributed by atoms with Crippen molar-refractivity contribution in [2.24, 2.45) is 0 Å². The first kappa shape index (κ1) is 13.9. The Kier molecular flexibility index (Phi) is 3.55. The maximum Gasteiger partial charge on any atom is 0.145 e. The Bertz CT molecular complexity index is 597. The Morgan fingerprint density at radius 3 is 2.16 bits per heavy atom. The fourth-order valence-electron chi connectivity index (χ4n) is 1.92. The van der Waals surface area contributed by atoms with Crippen LogP contribution in [0.3, 0.4) is 0 Å². The van der Waals surface area contributed by atoms with E-state index in [0.717, 1.165) is 11.6 Å². The van der Waals surface area contributed by atoms with Gasteiger partial charge in [-0.3, -0.25) is 0 Å². The van der Waals surface area contributed by atoms with Gasteiger partial charge in [0.05, 0.1) is 5.02 Å². The molecule has 0 saturated carbocycles. The molecule has 0 spiro atoms. The lowest BCUT2D eigenvalue weighted by Gasteiger charge is -2.19. The zero-order valence-corrected chi connectivity index (χ0v) is 11.9. The summed E-state index contributed by atoms with van der Waals surface area (Å²) in [5.74, 6) is -0.723. The molecule has 100 valence electrons. The minimum atomic E-state index is -0.616. The average molecular weight is 279 g/mol. The van der Waals surface area contributed by atoms with E-state index in [1.165, 1.54) is 11.6 Å². The molecule has 0 fully saturated rings. The summed E-state index contributed by atoms with van der Waals surface area (Å²) >= 11 is 5.75. The van der Waals surface area contributed by atoms with Crippen molar-refractivity contribution in [2.75, 3.05) is 0 Å². The Hall–Kier alpha value is -1.54. The Morgan fingerprint density at radius 1 is 1.05 bits per heavy atom. The first-order valence-corrected chi connectivity index (χ1v) is 6.46. The van der Waals surface area contributed by atoms with Crippen LogP contribution in [0.2, 0.25) is 5.02 Å². The topological polar surface area (TPSA) is 20.2 Å². The van der Waals surface area contributed by atoms with Crippen molar-refractivity contribution in [3.05, 3.63) is 52.8 Å². The van der Waals surface area contributed by atoms with E-state index in [4.69, 9.17) is 11.6 Å². The molecule has 0 aromatic heterocycles. The van der Waals surface area contributed by atoms with Gasteiger partial charge in [-0.25, -0.2) is 4.39 Å². The maximum atomic E-state index is 13.2. The van der Waals surface area contributed by atoms with Crippen LogP contribution in [0.1, 0.15) is 26.3 Å². The van der Waals surface area contributed by atoms with Gasteiger partial charge in [0.1, 0.15) is 11.6 Å².